The van der Waals surface area contributed by atoms with Crippen LogP contribution in [0, 0.1) is 5.92 Å². The van der Waals surface area contributed by atoms with Gasteiger partial charge in [-0.25, -0.2) is 4.79 Å². The highest BCUT2D eigenvalue weighted by Crippen LogP contribution is 2.29. The van der Waals surface area contributed by atoms with Gasteiger partial charge >= 0.3 is 5.69 Å². The highest BCUT2D eigenvalue weighted by atomic mass is 16.5. The molecule has 0 aromatic carbocycles. The molecule has 1 aliphatic rings. The maximum Gasteiger partial charge on any atom is 0.328 e. The second-order valence-corrected chi connectivity index (χ2v) is 3.99. The summed E-state index contributed by atoms with van der Waals surface area (Å²) in [6.07, 6.45) is 0.890. The molecule has 7 nitrogen and oxygen atoms in total. The molecular formula is C10H14N2O5. The van der Waals surface area contributed by atoms with Gasteiger partial charge in [-0.2, -0.15) is 0 Å². The lowest BCUT2D eigenvalue weighted by molar-refractivity contribution is 0.0268. The summed E-state index contributed by atoms with van der Waals surface area (Å²) in [6, 6.07) is 0.865. The van der Waals surface area contributed by atoms with Gasteiger partial charge in [-0.05, 0) is 0 Å². The number of H-pyrrole nitrogens is 1. The first-order chi connectivity index (χ1) is 8.17. The smallest absolute Gasteiger partial charge is 0.328 e. The van der Waals surface area contributed by atoms with E-state index in [0.717, 1.165) is 0 Å². The first-order valence-electron chi connectivity index (χ1n) is 5.32. The molecule has 0 unspecified atom stereocenters. The monoisotopic (exact) mass is 242 g/mol. The van der Waals surface area contributed by atoms with Gasteiger partial charge in [0.15, 0.2) is 0 Å². The van der Waals surface area contributed by atoms with E-state index in [2.05, 4.69) is 4.98 Å². The Morgan fingerprint density at radius 2 is 2.18 bits per heavy atom. The van der Waals surface area contributed by atoms with Crippen molar-refractivity contribution in [3.8, 4) is 0 Å². The van der Waals surface area contributed by atoms with E-state index in [1.807, 2.05) is 0 Å². The summed E-state index contributed by atoms with van der Waals surface area (Å²) in [5, 5.41) is 18.3. The van der Waals surface area contributed by atoms with Crippen LogP contribution in [0.1, 0.15) is 6.04 Å². The van der Waals surface area contributed by atoms with Gasteiger partial charge in [-0.15, -0.1) is 0 Å². The van der Waals surface area contributed by atoms with Crippen LogP contribution in [-0.2, 0) is 4.74 Å². The lowest BCUT2D eigenvalue weighted by atomic mass is 9.98. The third-order valence-electron chi connectivity index (χ3n) is 3.05. The highest BCUT2D eigenvalue weighted by molar-refractivity contribution is 4.92. The number of aliphatic hydroxyl groups excluding tert-OH is 2. The first kappa shape index (κ1) is 12.0. The number of rotatable bonds is 3. The number of aromatic nitrogens is 2. The van der Waals surface area contributed by atoms with E-state index < -0.39 is 17.4 Å². The van der Waals surface area contributed by atoms with Crippen molar-refractivity contribution in [2.45, 2.75) is 12.1 Å². The van der Waals surface area contributed by atoms with Crippen molar-refractivity contribution in [1.29, 1.82) is 0 Å². The average Bonchev–Trinajstić information content (AvgIpc) is 2.71. The quantitative estimate of drug-likeness (QED) is 0.573. The highest BCUT2D eigenvalue weighted by Gasteiger charge is 2.37. The fraction of sp³-hybridized carbons (Fsp3) is 0.600. The summed E-state index contributed by atoms with van der Waals surface area (Å²) < 4.78 is 6.61. The minimum Gasteiger partial charge on any atom is -0.396 e. The molecule has 7 heteroatoms. The minimum absolute atomic E-state index is 0.193. The predicted molar refractivity (Wildman–Crippen MR) is 57.8 cm³/mol. The van der Waals surface area contributed by atoms with Crippen LogP contribution in [-0.4, -0.2) is 45.7 Å². The van der Waals surface area contributed by atoms with Gasteiger partial charge in [0.05, 0.1) is 32.0 Å². The number of hydrogen-bond acceptors (Lipinski definition) is 5. The van der Waals surface area contributed by atoms with E-state index >= 15 is 0 Å². The molecule has 0 aliphatic carbocycles. The summed E-state index contributed by atoms with van der Waals surface area (Å²) in [4.78, 5) is 24.7. The summed E-state index contributed by atoms with van der Waals surface area (Å²) in [5.41, 5.74) is -1.01. The Kier molecular flexibility index (Phi) is 3.41. The second-order valence-electron chi connectivity index (χ2n) is 3.99. The summed E-state index contributed by atoms with van der Waals surface area (Å²) >= 11 is 0. The van der Waals surface area contributed by atoms with Crippen molar-refractivity contribution in [3.63, 3.8) is 0 Å². The lowest BCUT2D eigenvalue weighted by Crippen LogP contribution is -2.36. The van der Waals surface area contributed by atoms with E-state index in [1.165, 1.54) is 16.8 Å². The fourth-order valence-corrected chi connectivity index (χ4v) is 2.12. The Labute approximate surface area is 96.3 Å². The van der Waals surface area contributed by atoms with E-state index in [0.29, 0.717) is 0 Å². The number of aliphatic hydroxyl groups is 2. The molecule has 2 heterocycles. The minimum atomic E-state index is -0.539. The molecule has 3 atom stereocenters. The number of hydrogen-bond donors (Lipinski definition) is 3. The molecular weight excluding hydrogens is 228 g/mol. The van der Waals surface area contributed by atoms with E-state index in [4.69, 9.17) is 9.84 Å². The van der Waals surface area contributed by atoms with Gasteiger partial charge in [-0.3, -0.25) is 14.3 Å². The molecule has 1 aromatic heterocycles. The fourth-order valence-electron chi connectivity index (χ4n) is 2.12. The van der Waals surface area contributed by atoms with Crippen molar-refractivity contribution >= 4 is 0 Å². The van der Waals surface area contributed by atoms with Crippen LogP contribution >= 0.6 is 0 Å². The van der Waals surface area contributed by atoms with E-state index in [-0.39, 0.29) is 31.8 Å². The molecule has 1 fully saturated rings. The molecule has 1 saturated heterocycles. The van der Waals surface area contributed by atoms with Gasteiger partial charge in [0.1, 0.15) is 0 Å². The molecule has 1 aliphatic heterocycles. The van der Waals surface area contributed by atoms with Crippen LogP contribution in [0.2, 0.25) is 0 Å². The normalized spacial score (nSPS) is 28.5. The lowest BCUT2D eigenvalue weighted by Gasteiger charge is -2.20. The molecule has 17 heavy (non-hydrogen) atoms. The Morgan fingerprint density at radius 3 is 2.76 bits per heavy atom. The average molecular weight is 242 g/mol. The SMILES string of the molecule is O=c1ccn([C@H]2CO[C@@H](CO)[C@@H]2CO)c(=O)[nH]1. The zero-order valence-corrected chi connectivity index (χ0v) is 9.07. The molecule has 3 N–H and O–H groups in total. The molecule has 2 rings (SSSR count). The molecule has 94 valence electrons. The van der Waals surface area contributed by atoms with Crippen LogP contribution in [0.4, 0.5) is 0 Å². The molecule has 1 aromatic rings. The van der Waals surface area contributed by atoms with Gasteiger partial charge in [0.25, 0.3) is 5.56 Å². The van der Waals surface area contributed by atoms with Crippen molar-refractivity contribution in [3.05, 3.63) is 33.1 Å². The van der Waals surface area contributed by atoms with Crippen LogP contribution in [0.15, 0.2) is 21.9 Å². The first-order valence-corrected chi connectivity index (χ1v) is 5.32. The summed E-state index contributed by atoms with van der Waals surface area (Å²) in [6.45, 7) is -0.177. The third-order valence-corrected chi connectivity index (χ3v) is 3.05. The van der Waals surface area contributed by atoms with Crippen molar-refractivity contribution in [2.24, 2.45) is 5.92 Å². The predicted octanol–water partition coefficient (Wildman–Crippen LogP) is -1.92. The second kappa shape index (κ2) is 4.82. The number of nitrogens with one attached hydrogen (secondary N) is 1. The van der Waals surface area contributed by atoms with Crippen molar-refractivity contribution < 1.29 is 14.9 Å². The van der Waals surface area contributed by atoms with E-state index in [9.17, 15) is 14.7 Å². The van der Waals surface area contributed by atoms with Crippen LogP contribution in [0.5, 0.6) is 0 Å². The molecule has 0 bridgehead atoms. The van der Waals surface area contributed by atoms with Crippen LogP contribution in [0.25, 0.3) is 0 Å². The summed E-state index contributed by atoms with van der Waals surface area (Å²) in [5.74, 6) is -0.358. The number of ether oxygens (including phenoxy) is 1. The van der Waals surface area contributed by atoms with Gasteiger partial charge < -0.3 is 14.9 Å². The molecule has 0 spiro atoms. The van der Waals surface area contributed by atoms with Gasteiger partial charge in [0, 0.05) is 18.2 Å². The standard InChI is InChI=1S/C10H14N2O5/c13-3-6-7(5-17-8(6)4-14)12-2-1-9(15)11-10(12)16/h1-2,6-8,13-14H,3-5H2,(H,11,15,16)/t6-,7+,8+/m1/s1. The van der Waals surface area contributed by atoms with E-state index in [1.54, 1.807) is 0 Å². The van der Waals surface area contributed by atoms with Crippen LogP contribution < -0.4 is 11.2 Å². The van der Waals surface area contributed by atoms with Crippen molar-refractivity contribution in [1.82, 2.24) is 9.55 Å². The maximum absolute atomic E-state index is 11.6. The topological polar surface area (TPSA) is 105 Å². The summed E-state index contributed by atoms with van der Waals surface area (Å²) in [7, 11) is 0. The van der Waals surface area contributed by atoms with Crippen LogP contribution in [0.3, 0.4) is 0 Å². The molecule has 0 amide bonds. The zero-order valence-electron chi connectivity index (χ0n) is 9.07. The van der Waals surface area contributed by atoms with Crippen molar-refractivity contribution in [2.75, 3.05) is 19.8 Å². The van der Waals surface area contributed by atoms with Gasteiger partial charge in [-0.1, -0.05) is 0 Å². The third kappa shape index (κ3) is 2.17. The Hall–Kier alpha value is -1.44. The Morgan fingerprint density at radius 1 is 1.41 bits per heavy atom. The van der Waals surface area contributed by atoms with Gasteiger partial charge in [0.2, 0.25) is 0 Å². The zero-order chi connectivity index (χ0) is 12.4. The Balaban J connectivity index is 2.34. The maximum atomic E-state index is 11.6. The molecule has 0 radical (unpaired) electrons. The molecule has 0 saturated carbocycles. The number of nitrogens with zero attached hydrogens (tertiary/aromatic N) is 1. The largest absolute Gasteiger partial charge is 0.396 e. The Bertz CT molecular complexity index is 494. The number of aromatic amines is 1.